The first-order valence-corrected chi connectivity index (χ1v) is 8.13. The number of H-pyrrole nitrogens is 1. The van der Waals surface area contributed by atoms with Crippen LogP contribution >= 0.6 is 11.6 Å². The minimum Gasteiger partial charge on any atom is -0.455 e. The molecule has 0 aliphatic heterocycles. The third-order valence-electron chi connectivity index (χ3n) is 3.83. The number of ether oxygens (including phenoxy) is 1. The lowest BCUT2D eigenvalue weighted by molar-refractivity contribution is -0.144. The molecule has 1 N–H and O–H groups in total. The molecule has 0 aliphatic carbocycles. The van der Waals surface area contributed by atoms with Gasteiger partial charge >= 0.3 is 11.9 Å². The van der Waals surface area contributed by atoms with Crippen molar-refractivity contribution in [3.63, 3.8) is 0 Å². The third kappa shape index (κ3) is 3.94. The van der Waals surface area contributed by atoms with Crippen LogP contribution in [0.15, 0.2) is 50.9 Å². The Labute approximate surface area is 163 Å². The fraction of sp³-hybridized carbons (Fsp3) is 0.118. The Bertz CT molecular complexity index is 1280. The molecule has 0 radical (unpaired) electrons. The summed E-state index contributed by atoms with van der Waals surface area (Å²) in [5.74, 6) is -1.37. The predicted molar refractivity (Wildman–Crippen MR) is 94.4 cm³/mol. The second-order valence-corrected chi connectivity index (χ2v) is 6.17. The minimum absolute atomic E-state index is 0.0147. The van der Waals surface area contributed by atoms with E-state index >= 15 is 0 Å². The van der Waals surface area contributed by atoms with Crippen LogP contribution in [0.3, 0.4) is 0 Å². The number of aromatic nitrogens is 3. The summed E-state index contributed by atoms with van der Waals surface area (Å²) in [5, 5.41) is -0.261. The Morgan fingerprint density at radius 1 is 1.10 bits per heavy atom. The van der Waals surface area contributed by atoms with Crippen molar-refractivity contribution < 1.29 is 22.3 Å². The molecule has 0 spiro atoms. The van der Waals surface area contributed by atoms with E-state index in [1.54, 1.807) is 0 Å². The van der Waals surface area contributed by atoms with Gasteiger partial charge in [0, 0.05) is 31.4 Å². The molecule has 0 amide bonds. The number of rotatable bonds is 3. The van der Waals surface area contributed by atoms with Crippen molar-refractivity contribution in [2.45, 2.75) is 6.18 Å². The lowest BCUT2D eigenvalue weighted by Crippen LogP contribution is -2.41. The van der Waals surface area contributed by atoms with Crippen LogP contribution in [-0.2, 0) is 13.2 Å². The Morgan fingerprint density at radius 2 is 1.79 bits per heavy atom. The van der Waals surface area contributed by atoms with Gasteiger partial charge in [-0.25, -0.2) is 13.8 Å². The van der Waals surface area contributed by atoms with E-state index in [9.17, 15) is 31.9 Å². The Morgan fingerprint density at radius 3 is 2.41 bits per heavy atom. The van der Waals surface area contributed by atoms with E-state index < -0.39 is 40.2 Å². The summed E-state index contributed by atoms with van der Waals surface area (Å²) in [4.78, 5) is 38.2. The van der Waals surface area contributed by atoms with Crippen molar-refractivity contribution in [1.82, 2.24) is 14.1 Å². The topological polar surface area (TPSA) is 86.1 Å². The Kier molecular flexibility index (Phi) is 5.09. The fourth-order valence-electron chi connectivity index (χ4n) is 2.50. The lowest BCUT2D eigenvalue weighted by Gasteiger charge is -2.15. The smallest absolute Gasteiger partial charge is 0.431 e. The molecule has 7 nitrogen and oxygen atoms in total. The first-order valence-electron chi connectivity index (χ1n) is 7.75. The van der Waals surface area contributed by atoms with Gasteiger partial charge in [-0.2, -0.15) is 13.2 Å². The number of alkyl halides is 3. The lowest BCUT2D eigenvalue weighted by atomic mass is 10.2. The number of benzene rings is 1. The van der Waals surface area contributed by atoms with Gasteiger partial charge in [-0.3, -0.25) is 14.2 Å². The summed E-state index contributed by atoms with van der Waals surface area (Å²) >= 11 is 5.90. The third-order valence-corrected chi connectivity index (χ3v) is 4.12. The van der Waals surface area contributed by atoms with Crippen LogP contribution < -0.4 is 21.5 Å². The number of hydrogen-bond donors (Lipinski definition) is 1. The van der Waals surface area contributed by atoms with Crippen molar-refractivity contribution in [2.24, 2.45) is 7.05 Å². The molecule has 0 unspecified atom stereocenters. The quantitative estimate of drug-likeness (QED) is 0.646. The van der Waals surface area contributed by atoms with Crippen molar-refractivity contribution >= 4 is 11.6 Å². The monoisotopic (exact) mass is 431 g/mol. The van der Waals surface area contributed by atoms with Crippen molar-refractivity contribution in [2.75, 3.05) is 0 Å². The number of nitrogens with zero attached hydrogens (tertiary/aromatic N) is 2. The van der Waals surface area contributed by atoms with E-state index in [4.69, 9.17) is 16.3 Å². The second-order valence-electron chi connectivity index (χ2n) is 5.77. The van der Waals surface area contributed by atoms with Gasteiger partial charge in [0.25, 0.3) is 11.1 Å². The second kappa shape index (κ2) is 7.24. The van der Waals surface area contributed by atoms with Gasteiger partial charge in [0.1, 0.15) is 23.0 Å². The van der Waals surface area contributed by atoms with Gasteiger partial charge in [-0.1, -0.05) is 11.6 Å². The van der Waals surface area contributed by atoms with Gasteiger partial charge in [0.05, 0.1) is 10.7 Å². The predicted octanol–water partition coefficient (Wildman–Crippen LogP) is 2.83. The zero-order valence-corrected chi connectivity index (χ0v) is 15.1. The molecule has 1 aromatic carbocycles. The molecule has 152 valence electrons. The number of pyridine rings is 1. The minimum atomic E-state index is -4.96. The SMILES string of the molecule is Cn1c(C(F)(F)F)cc(=O)n(-c2cc(Oc3cc[nH]c(=O)c3)c(Cl)cc2F)c1=O. The van der Waals surface area contributed by atoms with E-state index in [1.165, 1.54) is 12.3 Å². The van der Waals surface area contributed by atoms with Gasteiger partial charge in [-0.05, 0) is 12.1 Å². The summed E-state index contributed by atoms with van der Waals surface area (Å²) in [6, 6.07) is 4.18. The van der Waals surface area contributed by atoms with Crippen LogP contribution in [0.5, 0.6) is 11.5 Å². The van der Waals surface area contributed by atoms with Crippen molar-refractivity contribution in [3.8, 4) is 17.2 Å². The summed E-state index contributed by atoms with van der Waals surface area (Å²) in [6.07, 6.45) is -3.69. The summed E-state index contributed by atoms with van der Waals surface area (Å²) < 4.78 is 59.1. The maximum absolute atomic E-state index is 14.4. The fourth-order valence-corrected chi connectivity index (χ4v) is 2.69. The number of hydrogen-bond acceptors (Lipinski definition) is 4. The van der Waals surface area contributed by atoms with Gasteiger partial charge in [0.15, 0.2) is 0 Å². The van der Waals surface area contributed by atoms with E-state index in [2.05, 4.69) is 4.98 Å². The number of halogens is 5. The van der Waals surface area contributed by atoms with E-state index in [-0.39, 0.29) is 31.7 Å². The molecule has 3 aromatic rings. The highest BCUT2D eigenvalue weighted by Crippen LogP contribution is 2.32. The molecule has 3 rings (SSSR count). The van der Waals surface area contributed by atoms with Gasteiger partial charge in [0.2, 0.25) is 0 Å². The Hall–Kier alpha value is -3.34. The van der Waals surface area contributed by atoms with Crippen molar-refractivity contribution in [3.05, 3.63) is 84.3 Å². The molecule has 2 aromatic heterocycles. The van der Waals surface area contributed by atoms with Gasteiger partial charge < -0.3 is 9.72 Å². The zero-order valence-electron chi connectivity index (χ0n) is 14.4. The van der Waals surface area contributed by atoms with Crippen LogP contribution in [0.2, 0.25) is 5.02 Å². The van der Waals surface area contributed by atoms with Crippen LogP contribution in [0.25, 0.3) is 5.69 Å². The normalized spacial score (nSPS) is 11.5. The maximum atomic E-state index is 14.4. The molecule has 12 heteroatoms. The number of nitrogens with one attached hydrogen (secondary N) is 1. The number of aromatic amines is 1. The zero-order chi connectivity index (χ0) is 21.5. The van der Waals surface area contributed by atoms with E-state index in [0.29, 0.717) is 0 Å². The maximum Gasteiger partial charge on any atom is 0.431 e. The molecule has 0 bridgehead atoms. The first kappa shape index (κ1) is 20.4. The molecule has 0 saturated carbocycles. The van der Waals surface area contributed by atoms with Crippen LogP contribution in [0, 0.1) is 5.82 Å². The molecule has 29 heavy (non-hydrogen) atoms. The van der Waals surface area contributed by atoms with Crippen LogP contribution in [-0.4, -0.2) is 14.1 Å². The molecule has 0 saturated heterocycles. The van der Waals surface area contributed by atoms with E-state index in [0.717, 1.165) is 25.2 Å². The highest BCUT2D eigenvalue weighted by molar-refractivity contribution is 6.32. The highest BCUT2D eigenvalue weighted by Gasteiger charge is 2.35. The average molecular weight is 432 g/mol. The molecule has 0 atom stereocenters. The molecular weight excluding hydrogens is 422 g/mol. The standard InChI is InChI=1S/C17H10ClF4N3O4/c1-24-13(17(20,21)22)7-15(27)25(16(24)28)11-6-12(9(18)5-10(11)19)29-8-2-3-23-14(26)4-8/h2-7H,1H3,(H,23,26). The summed E-state index contributed by atoms with van der Waals surface area (Å²) in [6.45, 7) is 0. The molecular formula is C17H10ClF4N3O4. The largest absolute Gasteiger partial charge is 0.455 e. The van der Waals surface area contributed by atoms with Crippen LogP contribution in [0.4, 0.5) is 17.6 Å². The van der Waals surface area contributed by atoms with Crippen LogP contribution in [0.1, 0.15) is 5.69 Å². The van der Waals surface area contributed by atoms with Gasteiger partial charge in [-0.15, -0.1) is 0 Å². The highest BCUT2D eigenvalue weighted by atomic mass is 35.5. The average Bonchev–Trinajstić information content (AvgIpc) is 2.61. The van der Waals surface area contributed by atoms with E-state index in [1.807, 2.05) is 0 Å². The summed E-state index contributed by atoms with van der Waals surface area (Å²) in [5.41, 5.74) is -5.49. The summed E-state index contributed by atoms with van der Waals surface area (Å²) in [7, 11) is 0.794. The Balaban J connectivity index is 2.20. The molecule has 0 fully saturated rings. The first-order chi connectivity index (χ1) is 13.5. The van der Waals surface area contributed by atoms with Crippen molar-refractivity contribution in [1.29, 1.82) is 0 Å². The molecule has 2 heterocycles. The molecule has 0 aliphatic rings.